The van der Waals surface area contributed by atoms with Gasteiger partial charge >= 0.3 is 0 Å². The average molecular weight is 531 g/mol. The molecule has 0 radical (unpaired) electrons. The van der Waals surface area contributed by atoms with Crippen LogP contribution in [0.3, 0.4) is 0 Å². The third-order valence-electron chi connectivity index (χ3n) is 9.51. The van der Waals surface area contributed by atoms with E-state index < -0.39 is 0 Å². The molecule has 4 aromatic carbocycles. The minimum absolute atomic E-state index is 0.0883. The Morgan fingerprint density at radius 3 is 2.37 bits per heavy atom. The number of para-hydroxylation sites is 2. The van der Waals surface area contributed by atoms with E-state index in [1.54, 1.807) is 0 Å². The van der Waals surface area contributed by atoms with Crippen molar-refractivity contribution in [1.82, 2.24) is 4.57 Å². The number of hydrogen-bond donors (Lipinski definition) is 0. The lowest BCUT2D eigenvalue weighted by Gasteiger charge is -2.30. The third kappa shape index (κ3) is 3.70. The number of nitrogens with zero attached hydrogens (tertiary/aromatic N) is 2. The summed E-state index contributed by atoms with van der Waals surface area (Å²) in [5.74, 6) is 0.537. The fraction of sp³-hybridized carbons (Fsp3) is 0.179. The maximum atomic E-state index is 2.46. The van der Waals surface area contributed by atoms with Gasteiger partial charge in [-0.3, -0.25) is 0 Å². The molecule has 0 saturated heterocycles. The zero-order chi connectivity index (χ0) is 27.6. The first-order valence-electron chi connectivity index (χ1n) is 14.9. The minimum atomic E-state index is 0.0883. The predicted molar refractivity (Wildman–Crippen MR) is 174 cm³/mol. The smallest absolute Gasteiger partial charge is 0.0539 e. The van der Waals surface area contributed by atoms with Gasteiger partial charge in [0.2, 0.25) is 0 Å². The summed E-state index contributed by atoms with van der Waals surface area (Å²) < 4.78 is 2.46. The second-order valence-corrected chi connectivity index (χ2v) is 12.1. The van der Waals surface area contributed by atoms with E-state index in [0.29, 0.717) is 5.92 Å². The lowest BCUT2D eigenvalue weighted by molar-refractivity contribution is 0.415. The Bertz CT molecular complexity index is 1880. The summed E-state index contributed by atoms with van der Waals surface area (Å²) in [6.07, 6.45) is 14.8. The predicted octanol–water partition coefficient (Wildman–Crippen LogP) is 10.3. The van der Waals surface area contributed by atoms with Crippen LogP contribution in [-0.2, 0) is 11.8 Å². The second kappa shape index (κ2) is 9.24. The topological polar surface area (TPSA) is 8.17 Å². The third-order valence-corrected chi connectivity index (χ3v) is 9.51. The first-order valence-corrected chi connectivity index (χ1v) is 14.9. The number of hydrogen-bond acceptors (Lipinski definition) is 1. The lowest BCUT2D eigenvalue weighted by Crippen LogP contribution is -2.24. The van der Waals surface area contributed by atoms with Crippen LogP contribution in [0.1, 0.15) is 49.1 Å². The number of aromatic nitrogens is 1. The van der Waals surface area contributed by atoms with E-state index >= 15 is 0 Å². The van der Waals surface area contributed by atoms with Crippen LogP contribution >= 0.6 is 0 Å². The first kappa shape index (κ1) is 24.3. The molecule has 1 unspecified atom stereocenters. The van der Waals surface area contributed by atoms with Crippen LogP contribution in [0.4, 0.5) is 17.1 Å². The van der Waals surface area contributed by atoms with Gasteiger partial charge in [-0.1, -0.05) is 86.7 Å². The standard InChI is InChI=1S/C39H34N2/c1-39(2)35-19-11-9-17-31(35)32-23-21-30(26-36(32)39)40(27-13-5-3-6-14-27)29-22-24-38-34(25-29)33-18-10-12-20-37(33)41(38)28-15-7-4-8-16-28/h3-11,13-18,21-26,35H,12,19-20H2,1-2H3. The molecule has 0 N–H and O–H groups in total. The molecule has 2 heteroatoms. The molecule has 8 rings (SSSR count). The fourth-order valence-electron chi connectivity index (χ4n) is 7.48. The molecule has 0 bridgehead atoms. The molecule has 3 aliphatic rings. The minimum Gasteiger partial charge on any atom is -0.313 e. The Kier molecular flexibility index (Phi) is 5.47. The molecule has 0 fully saturated rings. The molecule has 0 aliphatic heterocycles. The van der Waals surface area contributed by atoms with Crippen LogP contribution in [0.25, 0.3) is 28.2 Å². The van der Waals surface area contributed by atoms with Crippen molar-refractivity contribution in [3.63, 3.8) is 0 Å². The van der Waals surface area contributed by atoms with Crippen molar-refractivity contribution < 1.29 is 0 Å². The van der Waals surface area contributed by atoms with Crippen molar-refractivity contribution in [2.75, 3.05) is 4.90 Å². The van der Waals surface area contributed by atoms with Crippen LogP contribution < -0.4 is 4.90 Å². The quantitative estimate of drug-likeness (QED) is 0.224. The first-order chi connectivity index (χ1) is 20.1. The van der Waals surface area contributed by atoms with Crippen LogP contribution in [0.15, 0.2) is 121 Å². The Morgan fingerprint density at radius 2 is 1.54 bits per heavy atom. The highest BCUT2D eigenvalue weighted by Gasteiger charge is 2.42. The molecule has 41 heavy (non-hydrogen) atoms. The molecular formula is C39H34N2. The van der Waals surface area contributed by atoms with Crippen molar-refractivity contribution in [2.24, 2.45) is 5.92 Å². The average Bonchev–Trinajstić information content (AvgIpc) is 3.47. The van der Waals surface area contributed by atoms with Gasteiger partial charge in [0.1, 0.15) is 0 Å². The van der Waals surface area contributed by atoms with Crippen molar-refractivity contribution in [1.29, 1.82) is 0 Å². The molecule has 1 atom stereocenters. The molecule has 2 nitrogen and oxygen atoms in total. The molecule has 1 heterocycles. The zero-order valence-corrected chi connectivity index (χ0v) is 23.7. The Labute approximate surface area is 242 Å². The van der Waals surface area contributed by atoms with Gasteiger partial charge in [-0.05, 0) is 102 Å². The van der Waals surface area contributed by atoms with Gasteiger partial charge in [-0.25, -0.2) is 0 Å². The zero-order valence-electron chi connectivity index (χ0n) is 23.7. The fourth-order valence-corrected chi connectivity index (χ4v) is 7.48. The largest absolute Gasteiger partial charge is 0.313 e. The Hall–Kier alpha value is -4.56. The Balaban J connectivity index is 1.33. The van der Waals surface area contributed by atoms with Crippen molar-refractivity contribution in [3.05, 3.63) is 144 Å². The van der Waals surface area contributed by atoms with Crippen LogP contribution in [0, 0.1) is 5.92 Å². The van der Waals surface area contributed by atoms with Gasteiger partial charge in [-0.15, -0.1) is 0 Å². The summed E-state index contributed by atoms with van der Waals surface area (Å²) in [5, 5.41) is 1.31. The van der Waals surface area contributed by atoms with E-state index in [-0.39, 0.29) is 5.41 Å². The highest BCUT2D eigenvalue weighted by molar-refractivity contribution is 5.97. The van der Waals surface area contributed by atoms with E-state index in [0.717, 1.165) is 19.3 Å². The summed E-state index contributed by atoms with van der Waals surface area (Å²) in [4.78, 5) is 2.43. The number of anilines is 3. The van der Waals surface area contributed by atoms with E-state index in [1.807, 2.05) is 0 Å². The Morgan fingerprint density at radius 1 is 0.780 bits per heavy atom. The van der Waals surface area contributed by atoms with E-state index in [1.165, 1.54) is 61.6 Å². The number of rotatable bonds is 4. The molecule has 3 aliphatic carbocycles. The van der Waals surface area contributed by atoms with Gasteiger partial charge in [-0.2, -0.15) is 0 Å². The van der Waals surface area contributed by atoms with Gasteiger partial charge in [0.05, 0.1) is 5.52 Å². The van der Waals surface area contributed by atoms with Gasteiger partial charge < -0.3 is 9.47 Å². The second-order valence-electron chi connectivity index (χ2n) is 12.1. The van der Waals surface area contributed by atoms with Gasteiger partial charge in [0, 0.05) is 39.4 Å². The SMILES string of the molecule is CC1(C)c2cc(N(c3ccccc3)c3ccc4c(c3)c3c(n4-c4ccccc4)CCC=C3)ccc2C2=CC=CCC21. The molecule has 0 saturated carbocycles. The normalized spacial score (nSPS) is 18.1. The molecular weight excluding hydrogens is 496 g/mol. The van der Waals surface area contributed by atoms with Crippen LogP contribution in [0.2, 0.25) is 0 Å². The highest BCUT2D eigenvalue weighted by Crippen LogP contribution is 2.54. The van der Waals surface area contributed by atoms with Gasteiger partial charge in [0.15, 0.2) is 0 Å². The summed E-state index contributed by atoms with van der Waals surface area (Å²) >= 11 is 0. The van der Waals surface area contributed by atoms with Crippen molar-refractivity contribution in [2.45, 2.75) is 38.5 Å². The van der Waals surface area contributed by atoms with E-state index in [9.17, 15) is 0 Å². The van der Waals surface area contributed by atoms with Crippen molar-refractivity contribution >= 4 is 39.6 Å². The monoisotopic (exact) mass is 530 g/mol. The van der Waals surface area contributed by atoms with Gasteiger partial charge in [0.25, 0.3) is 0 Å². The lowest BCUT2D eigenvalue weighted by atomic mass is 9.75. The summed E-state index contributed by atoms with van der Waals surface area (Å²) in [6, 6.07) is 35.8. The van der Waals surface area contributed by atoms with E-state index in [2.05, 4.69) is 151 Å². The molecule has 0 amide bonds. The maximum absolute atomic E-state index is 2.46. The number of allylic oxidation sites excluding steroid dienone is 5. The summed E-state index contributed by atoms with van der Waals surface area (Å²) in [7, 11) is 0. The highest BCUT2D eigenvalue weighted by atomic mass is 15.1. The number of fused-ring (bicyclic) bond motifs is 6. The molecule has 0 spiro atoms. The summed E-state index contributed by atoms with van der Waals surface area (Å²) in [5.41, 5.74) is 13.3. The molecule has 5 aromatic rings. The number of benzene rings is 4. The van der Waals surface area contributed by atoms with Crippen LogP contribution in [-0.4, -0.2) is 4.57 Å². The van der Waals surface area contributed by atoms with Crippen LogP contribution in [0.5, 0.6) is 0 Å². The van der Waals surface area contributed by atoms with Crippen molar-refractivity contribution in [3.8, 4) is 5.69 Å². The van der Waals surface area contributed by atoms with E-state index in [4.69, 9.17) is 0 Å². The molecule has 200 valence electrons. The maximum Gasteiger partial charge on any atom is 0.0539 e. The molecule has 1 aromatic heterocycles. The summed E-state index contributed by atoms with van der Waals surface area (Å²) in [6.45, 7) is 4.84.